The molecule has 2 aromatic rings. The number of carbonyl (C=O) groups excluding carboxylic acids is 1. The molecule has 7 heteroatoms. The van der Waals surface area contributed by atoms with Crippen molar-refractivity contribution >= 4 is 13.9 Å². The summed E-state index contributed by atoms with van der Waals surface area (Å²) in [6.45, 7) is 12.1. The number of phenols is 1. The van der Waals surface area contributed by atoms with Gasteiger partial charge in [-0.3, -0.25) is 4.79 Å². The first kappa shape index (κ1) is 25.1. The third-order valence-corrected chi connectivity index (χ3v) is 9.12. The van der Waals surface area contributed by atoms with Gasteiger partial charge in [0.15, 0.2) is 5.78 Å². The largest absolute Gasteiger partial charge is 0.507 e. The summed E-state index contributed by atoms with van der Waals surface area (Å²) in [5, 5.41) is 15.5. The lowest BCUT2D eigenvalue weighted by atomic mass is 9.85. The van der Waals surface area contributed by atoms with Crippen LogP contribution in [0.3, 0.4) is 0 Å². The number of aromatic hydroxyl groups is 1. The number of ketones is 1. The predicted octanol–water partition coefficient (Wildman–Crippen LogP) is 5.06. The molecule has 2 aliphatic carbocycles. The first-order chi connectivity index (χ1) is 16.0. The molecule has 0 bridgehead atoms. The van der Waals surface area contributed by atoms with E-state index in [-0.39, 0.29) is 24.0 Å². The lowest BCUT2D eigenvalue weighted by Gasteiger charge is -2.22. The topological polar surface area (TPSA) is 90.4 Å². The van der Waals surface area contributed by atoms with E-state index in [9.17, 15) is 9.90 Å². The van der Waals surface area contributed by atoms with Crippen LogP contribution in [0.2, 0.25) is 25.7 Å². The summed E-state index contributed by atoms with van der Waals surface area (Å²) < 4.78 is 7.74. The van der Waals surface area contributed by atoms with Gasteiger partial charge in [0.05, 0.1) is 11.7 Å². The van der Waals surface area contributed by atoms with E-state index >= 15 is 0 Å². The molecule has 0 spiro atoms. The molecule has 0 amide bonds. The van der Waals surface area contributed by atoms with Crippen LogP contribution in [0, 0.1) is 31.6 Å². The van der Waals surface area contributed by atoms with Crippen LogP contribution in [0.25, 0.3) is 11.1 Å². The van der Waals surface area contributed by atoms with Crippen LogP contribution in [0.4, 0.5) is 0 Å². The normalized spacial score (nSPS) is 17.4. The van der Waals surface area contributed by atoms with E-state index < -0.39 is 8.07 Å². The SMILES string of the molecule is Cc1nn(COCC[Si](C)(C)C)c(C)c1-c1ccc(CC(=O)[C@@H](N)C(C2CC2)C2CC2)cc1O. The van der Waals surface area contributed by atoms with Crippen molar-refractivity contribution in [3.8, 4) is 16.9 Å². The molecule has 34 heavy (non-hydrogen) atoms. The van der Waals surface area contributed by atoms with Crippen LogP contribution in [0.1, 0.15) is 42.6 Å². The molecule has 0 radical (unpaired) electrons. The monoisotopic (exact) mass is 483 g/mol. The number of Topliss-reactive ketones (excluding diaryl/α,β-unsaturated/α-hetero) is 1. The summed E-state index contributed by atoms with van der Waals surface area (Å²) in [7, 11) is -1.13. The number of carbonyl (C=O) groups is 1. The Morgan fingerprint density at radius 3 is 2.41 bits per heavy atom. The van der Waals surface area contributed by atoms with Crippen LogP contribution >= 0.6 is 0 Å². The molecule has 3 N–H and O–H groups in total. The van der Waals surface area contributed by atoms with Crippen molar-refractivity contribution in [2.24, 2.45) is 23.5 Å². The zero-order valence-corrected chi connectivity index (χ0v) is 22.4. The molecule has 6 nitrogen and oxygen atoms in total. The number of nitrogens with zero attached hydrogens (tertiary/aromatic N) is 2. The average Bonchev–Trinajstić information content (AvgIpc) is 3.67. The minimum absolute atomic E-state index is 0.0894. The lowest BCUT2D eigenvalue weighted by molar-refractivity contribution is -0.121. The number of aryl methyl sites for hydroxylation is 1. The van der Waals surface area contributed by atoms with Crippen molar-refractivity contribution in [1.82, 2.24) is 9.78 Å². The van der Waals surface area contributed by atoms with Crippen molar-refractivity contribution < 1.29 is 14.6 Å². The second-order valence-corrected chi connectivity index (χ2v) is 17.3. The summed E-state index contributed by atoms with van der Waals surface area (Å²) >= 11 is 0. The summed E-state index contributed by atoms with van der Waals surface area (Å²) in [6.07, 6.45) is 5.13. The van der Waals surface area contributed by atoms with Gasteiger partial charge in [-0.25, -0.2) is 4.68 Å². The first-order valence-corrected chi connectivity index (χ1v) is 16.5. The quantitative estimate of drug-likeness (QED) is 0.325. The Balaban J connectivity index is 1.42. The van der Waals surface area contributed by atoms with Gasteiger partial charge in [0.25, 0.3) is 0 Å². The molecule has 1 aromatic carbocycles. The van der Waals surface area contributed by atoms with Crippen molar-refractivity contribution in [2.45, 2.75) is 84.4 Å². The highest BCUT2D eigenvalue weighted by atomic mass is 28.3. The van der Waals surface area contributed by atoms with Gasteiger partial charge < -0.3 is 15.6 Å². The summed E-state index contributed by atoms with van der Waals surface area (Å²) in [5.41, 5.74) is 10.7. The van der Waals surface area contributed by atoms with E-state index in [2.05, 4.69) is 24.7 Å². The maximum absolute atomic E-state index is 13.0. The fraction of sp³-hybridized carbons (Fsp3) is 0.630. The van der Waals surface area contributed by atoms with Gasteiger partial charge in [-0.05, 0) is 75.0 Å². The molecule has 2 fully saturated rings. The highest BCUT2D eigenvalue weighted by Gasteiger charge is 2.46. The number of hydrogen-bond acceptors (Lipinski definition) is 5. The van der Waals surface area contributed by atoms with Crippen molar-refractivity contribution in [2.75, 3.05) is 6.61 Å². The van der Waals surface area contributed by atoms with Crippen molar-refractivity contribution in [3.05, 3.63) is 35.2 Å². The molecule has 1 heterocycles. The minimum Gasteiger partial charge on any atom is -0.507 e. The molecule has 2 aliphatic rings. The molecule has 4 rings (SSSR count). The predicted molar refractivity (Wildman–Crippen MR) is 139 cm³/mol. The Morgan fingerprint density at radius 2 is 1.85 bits per heavy atom. The van der Waals surface area contributed by atoms with Gasteiger partial charge in [-0.1, -0.05) is 31.8 Å². The van der Waals surface area contributed by atoms with Gasteiger partial charge >= 0.3 is 0 Å². The first-order valence-electron chi connectivity index (χ1n) is 12.8. The molecule has 1 atom stereocenters. The third-order valence-electron chi connectivity index (χ3n) is 7.42. The number of aromatic nitrogens is 2. The zero-order valence-electron chi connectivity index (χ0n) is 21.4. The van der Waals surface area contributed by atoms with Crippen LogP contribution in [0.5, 0.6) is 5.75 Å². The van der Waals surface area contributed by atoms with E-state index in [1.807, 2.05) is 30.7 Å². The Hall–Kier alpha value is -1.96. The summed E-state index contributed by atoms with van der Waals surface area (Å²) in [4.78, 5) is 13.0. The Kier molecular flexibility index (Phi) is 7.36. The number of hydrogen-bond donors (Lipinski definition) is 2. The van der Waals surface area contributed by atoms with Crippen molar-refractivity contribution in [3.63, 3.8) is 0 Å². The second-order valence-electron chi connectivity index (χ2n) is 11.7. The fourth-order valence-corrected chi connectivity index (χ4v) is 5.86. The minimum atomic E-state index is -1.13. The van der Waals surface area contributed by atoms with Gasteiger partial charge in [0.1, 0.15) is 12.5 Å². The van der Waals surface area contributed by atoms with Gasteiger partial charge in [-0.15, -0.1) is 0 Å². The Bertz CT molecular complexity index is 1020. The number of rotatable bonds is 12. The smallest absolute Gasteiger partial charge is 0.154 e. The highest BCUT2D eigenvalue weighted by molar-refractivity contribution is 6.76. The van der Waals surface area contributed by atoms with Gasteiger partial charge in [0.2, 0.25) is 0 Å². The Labute approximate surface area is 204 Å². The van der Waals surface area contributed by atoms with E-state index in [1.54, 1.807) is 6.07 Å². The average molecular weight is 484 g/mol. The third kappa shape index (κ3) is 5.99. The molecule has 1 aromatic heterocycles. The molecule has 0 unspecified atom stereocenters. The van der Waals surface area contributed by atoms with E-state index in [4.69, 9.17) is 10.5 Å². The van der Waals surface area contributed by atoms with Crippen LogP contribution in [0.15, 0.2) is 18.2 Å². The van der Waals surface area contributed by atoms with Crippen LogP contribution < -0.4 is 5.73 Å². The molecule has 186 valence electrons. The number of ether oxygens (including phenoxy) is 1. The molecule has 0 aliphatic heterocycles. The zero-order chi connectivity index (χ0) is 24.6. The summed E-state index contributed by atoms with van der Waals surface area (Å²) in [5.74, 6) is 1.90. The van der Waals surface area contributed by atoms with Crippen molar-refractivity contribution in [1.29, 1.82) is 0 Å². The lowest BCUT2D eigenvalue weighted by Crippen LogP contribution is -2.41. The molecule has 2 saturated carbocycles. The number of benzene rings is 1. The maximum Gasteiger partial charge on any atom is 0.154 e. The molecule has 0 saturated heterocycles. The second kappa shape index (κ2) is 9.95. The molecular formula is C27H41N3O3Si. The van der Waals surface area contributed by atoms with Crippen LogP contribution in [-0.2, 0) is 22.7 Å². The molecular weight excluding hydrogens is 442 g/mol. The highest BCUT2D eigenvalue weighted by Crippen LogP contribution is 2.50. The standard InChI is InChI=1S/C27H41N3O3Si/c1-17-25(18(2)30(29-17)16-33-12-13-34(3,4)5)22-11-6-19(14-23(22)31)15-24(32)27(28)26(20-7-8-20)21-9-10-21/h6,11,14,20-21,26-27,31H,7-10,12-13,15-16,28H2,1-5H3/t27-/m1/s1. The summed E-state index contributed by atoms with van der Waals surface area (Å²) in [6, 6.07) is 6.28. The van der Waals surface area contributed by atoms with Gasteiger partial charge in [0, 0.05) is 37.9 Å². The number of phenolic OH excluding ortho intramolecular Hbond substituents is 1. The van der Waals surface area contributed by atoms with Crippen LogP contribution in [-0.4, -0.2) is 41.4 Å². The van der Waals surface area contributed by atoms with E-state index in [0.717, 1.165) is 40.7 Å². The van der Waals surface area contributed by atoms with Gasteiger partial charge in [-0.2, -0.15) is 5.10 Å². The Morgan fingerprint density at radius 1 is 1.21 bits per heavy atom. The van der Waals surface area contributed by atoms with E-state index in [1.165, 1.54) is 25.7 Å². The maximum atomic E-state index is 13.0. The number of nitrogens with two attached hydrogens (primary N) is 1. The fourth-order valence-electron chi connectivity index (χ4n) is 5.11. The van der Waals surface area contributed by atoms with E-state index in [0.29, 0.717) is 24.5 Å².